The van der Waals surface area contributed by atoms with Crippen LogP contribution in [0.4, 0.5) is 17.1 Å². The Morgan fingerprint density at radius 2 is 1.06 bits per heavy atom. The molecule has 0 atom stereocenters. The summed E-state index contributed by atoms with van der Waals surface area (Å²) < 4.78 is 15.8. The molecule has 1 saturated heterocycles. The van der Waals surface area contributed by atoms with Crippen molar-refractivity contribution < 1.29 is 9.31 Å². The zero-order valence-electron chi connectivity index (χ0n) is 27.1. The molecule has 0 unspecified atom stereocenters. The van der Waals surface area contributed by atoms with Crippen molar-refractivity contribution in [3.8, 4) is 22.3 Å². The average molecular weight is 630 g/mol. The van der Waals surface area contributed by atoms with Crippen molar-refractivity contribution in [2.24, 2.45) is 0 Å². The monoisotopic (exact) mass is 629 g/mol. The predicted octanol–water partition coefficient (Wildman–Crippen LogP) is 11.2. The van der Waals surface area contributed by atoms with Crippen molar-refractivity contribution in [1.82, 2.24) is 0 Å². The number of benzene rings is 6. The van der Waals surface area contributed by atoms with E-state index in [0.29, 0.717) is 0 Å². The van der Waals surface area contributed by atoms with Gasteiger partial charge in [-0.3, -0.25) is 0 Å². The van der Waals surface area contributed by atoms with Gasteiger partial charge in [-0.15, -0.1) is 11.3 Å². The van der Waals surface area contributed by atoms with Gasteiger partial charge in [0, 0.05) is 42.8 Å². The van der Waals surface area contributed by atoms with Gasteiger partial charge >= 0.3 is 7.12 Å². The number of thiophene rings is 1. The number of hydrogen-bond donors (Lipinski definition) is 0. The molecule has 7 aromatic rings. The second kappa shape index (κ2) is 11.5. The van der Waals surface area contributed by atoms with Crippen LogP contribution in [0.1, 0.15) is 27.7 Å². The molecule has 6 aromatic carbocycles. The number of rotatable bonds is 6. The zero-order chi connectivity index (χ0) is 32.2. The topological polar surface area (TPSA) is 21.7 Å². The maximum atomic E-state index is 6.62. The minimum Gasteiger partial charge on any atom is -0.399 e. The van der Waals surface area contributed by atoms with Crippen LogP contribution in [0.25, 0.3) is 42.4 Å². The summed E-state index contributed by atoms with van der Waals surface area (Å²) in [5.74, 6) is 0. The molecule has 0 amide bonds. The molecular weight excluding hydrogens is 593 g/mol. The second-order valence-corrected chi connectivity index (χ2v) is 14.3. The molecule has 1 fully saturated rings. The van der Waals surface area contributed by atoms with E-state index in [1.165, 1.54) is 25.7 Å². The van der Waals surface area contributed by atoms with Gasteiger partial charge in [-0.1, -0.05) is 97.1 Å². The number of anilines is 3. The number of hydrogen-bond acceptors (Lipinski definition) is 4. The third-order valence-electron chi connectivity index (χ3n) is 9.65. The Labute approximate surface area is 281 Å². The van der Waals surface area contributed by atoms with Crippen LogP contribution in [0.3, 0.4) is 0 Å². The molecule has 0 aliphatic carbocycles. The summed E-state index contributed by atoms with van der Waals surface area (Å²) in [6.45, 7) is 8.45. The summed E-state index contributed by atoms with van der Waals surface area (Å²) >= 11 is 1.85. The molecule has 3 nitrogen and oxygen atoms in total. The normalized spacial score (nSPS) is 15.4. The molecule has 8 rings (SSSR count). The van der Waals surface area contributed by atoms with Crippen molar-refractivity contribution in [2.75, 3.05) is 4.90 Å². The summed E-state index contributed by atoms with van der Waals surface area (Å²) in [6.07, 6.45) is 0. The third-order valence-corrected chi connectivity index (χ3v) is 10.9. The van der Waals surface area contributed by atoms with Crippen LogP contribution in [0.15, 0.2) is 146 Å². The second-order valence-electron chi connectivity index (χ2n) is 13.3. The summed E-state index contributed by atoms with van der Waals surface area (Å²) in [5.41, 5.74) is 8.08. The summed E-state index contributed by atoms with van der Waals surface area (Å²) in [4.78, 5) is 2.35. The van der Waals surface area contributed by atoms with Gasteiger partial charge < -0.3 is 14.2 Å². The fraction of sp³-hybridized carbons (Fsp3) is 0.143. The Balaban J connectivity index is 1.40. The Hall–Kier alpha value is -4.68. The highest BCUT2D eigenvalue weighted by Crippen LogP contribution is 2.46. The lowest BCUT2D eigenvalue weighted by molar-refractivity contribution is 0.00578. The number of nitrogens with zero attached hydrogens (tertiary/aromatic N) is 1. The number of fused-ring (bicyclic) bond motifs is 3. The number of para-hydroxylation sites is 2. The van der Waals surface area contributed by atoms with Crippen LogP contribution in [0.5, 0.6) is 0 Å². The van der Waals surface area contributed by atoms with Crippen LogP contribution < -0.4 is 10.4 Å². The minimum absolute atomic E-state index is 0.439. The van der Waals surface area contributed by atoms with Gasteiger partial charge in [0.1, 0.15) is 0 Å². The van der Waals surface area contributed by atoms with E-state index >= 15 is 0 Å². The van der Waals surface area contributed by atoms with Gasteiger partial charge in [0.25, 0.3) is 0 Å². The molecule has 0 saturated carbocycles. The Morgan fingerprint density at radius 1 is 0.511 bits per heavy atom. The van der Waals surface area contributed by atoms with E-state index in [1.807, 2.05) is 11.3 Å². The Bertz CT molecular complexity index is 2160. The molecule has 1 aliphatic rings. The summed E-state index contributed by atoms with van der Waals surface area (Å²) in [6, 6.07) is 52.1. The molecule has 1 aromatic heterocycles. The maximum absolute atomic E-state index is 6.62. The van der Waals surface area contributed by atoms with Gasteiger partial charge in [0.2, 0.25) is 0 Å². The Morgan fingerprint density at radius 3 is 1.70 bits per heavy atom. The van der Waals surface area contributed by atoms with Gasteiger partial charge in [0.05, 0.1) is 11.2 Å². The zero-order valence-corrected chi connectivity index (χ0v) is 27.9. The molecule has 1 aliphatic heterocycles. The van der Waals surface area contributed by atoms with Gasteiger partial charge in [-0.2, -0.15) is 0 Å². The smallest absolute Gasteiger partial charge is 0.399 e. The van der Waals surface area contributed by atoms with Crippen molar-refractivity contribution in [1.29, 1.82) is 0 Å². The SMILES string of the molecule is CC1(C)OB(c2cc(-c3ccccc3)cc(-c3cc(N(c4ccccc4)c4ccccc4)cc4c3sc3ccccc34)c2)OC1(C)C. The lowest BCUT2D eigenvalue weighted by atomic mass is 9.76. The van der Waals surface area contributed by atoms with E-state index in [1.54, 1.807) is 0 Å². The first kappa shape index (κ1) is 29.7. The lowest BCUT2D eigenvalue weighted by Crippen LogP contribution is -2.41. The van der Waals surface area contributed by atoms with Crippen molar-refractivity contribution >= 4 is 61.2 Å². The Kier molecular flexibility index (Phi) is 7.29. The minimum atomic E-state index is -0.478. The molecule has 0 radical (unpaired) electrons. The van der Waals surface area contributed by atoms with Crippen molar-refractivity contribution in [3.63, 3.8) is 0 Å². The summed E-state index contributed by atoms with van der Waals surface area (Å²) in [5, 5.41) is 2.51. The largest absolute Gasteiger partial charge is 0.494 e. The van der Waals surface area contributed by atoms with E-state index in [0.717, 1.165) is 39.2 Å². The molecule has 5 heteroatoms. The van der Waals surface area contributed by atoms with E-state index in [2.05, 4.69) is 178 Å². The molecule has 2 heterocycles. The molecule has 230 valence electrons. The molecule has 47 heavy (non-hydrogen) atoms. The van der Waals surface area contributed by atoms with Gasteiger partial charge in [-0.05, 0) is 98.4 Å². The van der Waals surface area contributed by atoms with Crippen LogP contribution in [-0.2, 0) is 9.31 Å². The fourth-order valence-electron chi connectivity index (χ4n) is 6.48. The van der Waals surface area contributed by atoms with E-state index in [4.69, 9.17) is 9.31 Å². The third kappa shape index (κ3) is 5.35. The van der Waals surface area contributed by atoms with Gasteiger partial charge in [-0.25, -0.2) is 0 Å². The maximum Gasteiger partial charge on any atom is 0.494 e. The first-order valence-electron chi connectivity index (χ1n) is 16.2. The highest BCUT2D eigenvalue weighted by Gasteiger charge is 2.51. The summed E-state index contributed by atoms with van der Waals surface area (Å²) in [7, 11) is -0.478. The standard InChI is InChI=1S/C42H36BNO2S/c1-41(2)42(3,4)46-43(45-41)32-25-30(29-16-8-5-9-17-29)24-31(26-32)37-27-35(28-38-36-22-14-15-23-39(36)47-40(37)38)44(33-18-10-6-11-19-33)34-20-12-7-13-21-34/h5-28H,1-4H3. The lowest BCUT2D eigenvalue weighted by Gasteiger charge is -2.32. The molecule has 0 spiro atoms. The van der Waals surface area contributed by atoms with Crippen LogP contribution in [0.2, 0.25) is 0 Å². The molecule has 0 bridgehead atoms. The van der Waals surface area contributed by atoms with Crippen molar-refractivity contribution in [2.45, 2.75) is 38.9 Å². The predicted molar refractivity (Wildman–Crippen MR) is 201 cm³/mol. The van der Waals surface area contributed by atoms with Crippen LogP contribution in [0, 0.1) is 0 Å². The fourth-order valence-corrected chi connectivity index (χ4v) is 7.70. The van der Waals surface area contributed by atoms with Crippen LogP contribution in [-0.4, -0.2) is 18.3 Å². The van der Waals surface area contributed by atoms with Crippen LogP contribution >= 0.6 is 11.3 Å². The van der Waals surface area contributed by atoms with E-state index < -0.39 is 18.3 Å². The average Bonchev–Trinajstić information content (AvgIpc) is 3.58. The van der Waals surface area contributed by atoms with Crippen molar-refractivity contribution in [3.05, 3.63) is 146 Å². The molecular formula is C42H36BNO2S. The van der Waals surface area contributed by atoms with E-state index in [9.17, 15) is 0 Å². The first-order chi connectivity index (χ1) is 22.8. The van der Waals surface area contributed by atoms with E-state index in [-0.39, 0.29) is 0 Å². The highest BCUT2D eigenvalue weighted by atomic mass is 32.1. The first-order valence-corrected chi connectivity index (χ1v) is 17.0. The highest BCUT2D eigenvalue weighted by molar-refractivity contribution is 7.26. The quantitative estimate of drug-likeness (QED) is 0.171. The van der Waals surface area contributed by atoms with Gasteiger partial charge in [0.15, 0.2) is 0 Å². The molecule has 0 N–H and O–H groups in total.